The number of thiocarbonyl (C=S) groups is 1. The van der Waals surface area contributed by atoms with Crippen molar-refractivity contribution in [3.8, 4) is 6.07 Å². The summed E-state index contributed by atoms with van der Waals surface area (Å²) in [7, 11) is 1.53. The number of ether oxygens (including phenoxy) is 2. The number of nitrogens with zero attached hydrogens (tertiary/aromatic N) is 1. The van der Waals surface area contributed by atoms with Crippen molar-refractivity contribution < 1.29 is 14.3 Å². The highest BCUT2D eigenvalue weighted by molar-refractivity contribution is 8.47. The summed E-state index contributed by atoms with van der Waals surface area (Å²) in [5.74, 6) is 0.372. The van der Waals surface area contributed by atoms with Gasteiger partial charge >= 0.3 is 5.97 Å². The molecule has 0 aromatic rings. The molecule has 0 aliphatic rings. The first kappa shape index (κ1) is 26.7. The lowest BCUT2D eigenvalue weighted by atomic mass is 10.1. The van der Waals surface area contributed by atoms with Gasteiger partial charge in [-0.25, -0.2) is 4.79 Å². The normalized spacial score (nSPS) is 13.0. The van der Waals surface area contributed by atoms with Gasteiger partial charge in [-0.1, -0.05) is 88.7 Å². The average molecular weight is 434 g/mol. The van der Waals surface area contributed by atoms with Gasteiger partial charge in [-0.2, -0.15) is 5.26 Å². The lowest BCUT2D eigenvalue weighted by Crippen LogP contribution is -2.33. The van der Waals surface area contributed by atoms with E-state index < -0.39 is 10.7 Å². The van der Waals surface area contributed by atoms with Crippen LogP contribution in [-0.2, 0) is 14.3 Å². The van der Waals surface area contributed by atoms with Crippen LogP contribution in [0.4, 0.5) is 0 Å². The zero-order valence-electron chi connectivity index (χ0n) is 17.1. The smallest absolute Gasteiger partial charge is 0.337 e. The van der Waals surface area contributed by atoms with Gasteiger partial charge in [0.2, 0.25) is 4.75 Å². The van der Waals surface area contributed by atoms with E-state index in [0.717, 1.165) is 23.9 Å². The monoisotopic (exact) mass is 433 g/mol. The first-order valence-electron chi connectivity index (χ1n) is 9.93. The number of thioether (sulfide) groups is 2. The SMILES string of the molecule is CCCCCCCCCCCCSC(=S)SC(C)(C#N)C(=O)OCCOC. The highest BCUT2D eigenvalue weighted by atomic mass is 32.2. The van der Waals surface area contributed by atoms with E-state index in [1.165, 1.54) is 64.9 Å². The maximum absolute atomic E-state index is 12.1. The molecule has 27 heavy (non-hydrogen) atoms. The molecule has 0 aromatic carbocycles. The van der Waals surface area contributed by atoms with Gasteiger partial charge < -0.3 is 9.47 Å². The van der Waals surface area contributed by atoms with Gasteiger partial charge in [0.1, 0.15) is 10.1 Å². The molecule has 0 rings (SSSR count). The molecule has 0 aromatic heterocycles. The van der Waals surface area contributed by atoms with E-state index in [4.69, 9.17) is 21.7 Å². The minimum atomic E-state index is -1.30. The molecule has 0 N–H and O–H groups in total. The fourth-order valence-electron chi connectivity index (χ4n) is 2.41. The van der Waals surface area contributed by atoms with Crippen LogP contribution in [0.25, 0.3) is 0 Å². The largest absolute Gasteiger partial charge is 0.461 e. The molecule has 0 saturated carbocycles. The number of carbonyl (C=O) groups excluding carboxylic acids is 1. The molecule has 0 radical (unpaired) electrons. The number of hydrogen-bond acceptors (Lipinski definition) is 7. The van der Waals surface area contributed by atoms with E-state index >= 15 is 0 Å². The maximum atomic E-state index is 12.1. The summed E-state index contributed by atoms with van der Waals surface area (Å²) in [6.45, 7) is 4.26. The van der Waals surface area contributed by atoms with Crippen molar-refractivity contribution in [2.75, 3.05) is 26.1 Å². The molecular formula is C20H35NO3S3. The summed E-state index contributed by atoms with van der Waals surface area (Å²) in [4.78, 5) is 12.1. The minimum absolute atomic E-state index is 0.145. The Balaban J connectivity index is 3.79. The van der Waals surface area contributed by atoms with Crippen LogP contribution < -0.4 is 0 Å². The van der Waals surface area contributed by atoms with Crippen molar-refractivity contribution in [2.24, 2.45) is 0 Å². The third-order valence-electron chi connectivity index (χ3n) is 4.13. The molecule has 0 spiro atoms. The van der Waals surface area contributed by atoms with Gasteiger partial charge in [0, 0.05) is 7.11 Å². The van der Waals surface area contributed by atoms with Crippen molar-refractivity contribution >= 4 is 45.2 Å². The molecule has 0 fully saturated rings. The molecule has 7 heteroatoms. The molecule has 1 unspecified atom stereocenters. The van der Waals surface area contributed by atoms with Gasteiger partial charge in [0.15, 0.2) is 0 Å². The van der Waals surface area contributed by atoms with Crippen molar-refractivity contribution in [1.82, 2.24) is 0 Å². The molecule has 0 heterocycles. The lowest BCUT2D eigenvalue weighted by Gasteiger charge is -2.19. The predicted octanol–water partition coefficient (Wildman–Crippen LogP) is 6.13. The number of carbonyl (C=O) groups is 1. The Morgan fingerprint density at radius 2 is 1.59 bits per heavy atom. The first-order valence-corrected chi connectivity index (χ1v) is 12.1. The second-order valence-electron chi connectivity index (χ2n) is 6.66. The maximum Gasteiger partial charge on any atom is 0.337 e. The van der Waals surface area contributed by atoms with Crippen LogP contribution in [0, 0.1) is 11.3 Å². The Kier molecular flexibility index (Phi) is 17.6. The van der Waals surface area contributed by atoms with E-state index in [9.17, 15) is 10.1 Å². The van der Waals surface area contributed by atoms with E-state index in [0.29, 0.717) is 10.1 Å². The highest BCUT2D eigenvalue weighted by Crippen LogP contribution is 2.32. The van der Waals surface area contributed by atoms with Gasteiger partial charge in [0.25, 0.3) is 0 Å². The number of methoxy groups -OCH3 is 1. The van der Waals surface area contributed by atoms with Gasteiger partial charge in [-0.05, 0) is 19.1 Å². The summed E-state index contributed by atoms with van der Waals surface area (Å²) in [6, 6.07) is 2.03. The van der Waals surface area contributed by atoms with Gasteiger partial charge in [-0.15, -0.1) is 11.8 Å². The van der Waals surface area contributed by atoms with Crippen LogP contribution in [-0.4, -0.2) is 40.3 Å². The topological polar surface area (TPSA) is 59.3 Å². The van der Waals surface area contributed by atoms with Crippen molar-refractivity contribution in [3.05, 3.63) is 0 Å². The van der Waals surface area contributed by atoms with Crippen LogP contribution in [0.1, 0.15) is 78.1 Å². The van der Waals surface area contributed by atoms with Gasteiger partial charge in [0.05, 0.1) is 12.7 Å². The van der Waals surface area contributed by atoms with E-state index in [-0.39, 0.29) is 6.61 Å². The molecule has 0 amide bonds. The average Bonchev–Trinajstić information content (AvgIpc) is 2.66. The quantitative estimate of drug-likeness (QED) is 0.165. The Morgan fingerprint density at radius 3 is 2.11 bits per heavy atom. The molecule has 156 valence electrons. The number of esters is 1. The molecule has 0 saturated heterocycles. The number of unbranched alkanes of at least 4 members (excludes halogenated alkanes) is 9. The second kappa shape index (κ2) is 17.8. The molecule has 0 bridgehead atoms. The highest BCUT2D eigenvalue weighted by Gasteiger charge is 2.37. The summed E-state index contributed by atoms with van der Waals surface area (Å²) >= 11 is 8.00. The summed E-state index contributed by atoms with van der Waals surface area (Å²) < 4.78 is 9.25. The lowest BCUT2D eigenvalue weighted by molar-refractivity contribution is -0.145. The van der Waals surface area contributed by atoms with Crippen LogP contribution >= 0.6 is 35.7 Å². The predicted molar refractivity (Wildman–Crippen MR) is 121 cm³/mol. The molecule has 4 nitrogen and oxygen atoms in total. The third kappa shape index (κ3) is 14.4. The zero-order chi connectivity index (χ0) is 20.4. The summed E-state index contributed by atoms with van der Waals surface area (Å²) in [5, 5.41) is 9.35. The standard InChI is InChI=1S/C20H35NO3S3/c1-4-5-6-7-8-9-10-11-12-13-16-26-19(25)27-20(2,17-21)18(22)24-15-14-23-3/h4-16H2,1-3H3. The van der Waals surface area contributed by atoms with Crippen molar-refractivity contribution in [3.63, 3.8) is 0 Å². The Hall–Kier alpha value is -0.290. The number of rotatable bonds is 16. The van der Waals surface area contributed by atoms with Gasteiger partial charge in [-0.3, -0.25) is 0 Å². The van der Waals surface area contributed by atoms with E-state index in [2.05, 4.69) is 6.92 Å². The second-order valence-corrected chi connectivity index (χ2v) is 10.4. The van der Waals surface area contributed by atoms with Crippen LogP contribution in [0.2, 0.25) is 0 Å². The molecule has 1 atom stereocenters. The molecular weight excluding hydrogens is 398 g/mol. The summed E-state index contributed by atoms with van der Waals surface area (Å²) in [5.41, 5.74) is 0. The van der Waals surface area contributed by atoms with E-state index in [1.54, 1.807) is 18.7 Å². The fourth-order valence-corrected chi connectivity index (χ4v) is 5.18. The molecule has 0 aliphatic carbocycles. The van der Waals surface area contributed by atoms with Crippen LogP contribution in [0.5, 0.6) is 0 Å². The number of nitriles is 1. The van der Waals surface area contributed by atoms with Crippen molar-refractivity contribution in [1.29, 1.82) is 5.26 Å². The Bertz CT molecular complexity index is 454. The fraction of sp³-hybridized carbons (Fsp3) is 0.850. The van der Waals surface area contributed by atoms with Crippen LogP contribution in [0.15, 0.2) is 0 Å². The zero-order valence-corrected chi connectivity index (χ0v) is 19.5. The van der Waals surface area contributed by atoms with Crippen LogP contribution in [0.3, 0.4) is 0 Å². The van der Waals surface area contributed by atoms with E-state index in [1.807, 2.05) is 6.07 Å². The molecule has 0 aliphatic heterocycles. The Labute approximate surface area is 179 Å². The minimum Gasteiger partial charge on any atom is -0.461 e. The first-order chi connectivity index (χ1) is 13.0. The van der Waals surface area contributed by atoms with Crippen molar-refractivity contribution in [2.45, 2.75) is 82.8 Å². The summed E-state index contributed by atoms with van der Waals surface area (Å²) in [6.07, 6.45) is 13.0. The third-order valence-corrected chi connectivity index (χ3v) is 6.90. The number of hydrogen-bond donors (Lipinski definition) is 0. The Morgan fingerprint density at radius 1 is 1.04 bits per heavy atom.